The number of Topliss-reactive ketones (excluding diaryl/α,β-unsaturated/α-hetero) is 2. The van der Waals surface area contributed by atoms with Gasteiger partial charge in [-0.2, -0.15) is 9.59 Å². The Morgan fingerprint density at radius 1 is 0.818 bits per heavy atom. The molecule has 6 aliphatic rings. The third-order valence-electron chi connectivity index (χ3n) is 19.4. The molecule has 0 aromatic heterocycles. The minimum absolute atomic E-state index is 0. The van der Waals surface area contributed by atoms with E-state index in [0.29, 0.717) is 34.8 Å². The highest BCUT2D eigenvalue weighted by molar-refractivity contribution is 6.30. The number of halogens is 1. The average Bonchev–Trinajstić information content (AvgIpc) is 3.53. The predicted molar refractivity (Wildman–Crippen MR) is 259 cm³/mol. The minimum atomic E-state index is -0.976. The van der Waals surface area contributed by atoms with Gasteiger partial charge in [-0.25, -0.2) is 0 Å². The molecule has 1 N–H and O–H groups in total. The van der Waals surface area contributed by atoms with Gasteiger partial charge in [0.2, 0.25) is 5.91 Å². The van der Waals surface area contributed by atoms with Crippen molar-refractivity contribution in [3.05, 3.63) is 81.9 Å². The maximum atomic E-state index is 14.5. The fourth-order valence-corrected chi connectivity index (χ4v) is 15.6. The molecular formula is C57H78ClNO7. The van der Waals surface area contributed by atoms with E-state index in [1.54, 1.807) is 24.3 Å². The van der Waals surface area contributed by atoms with Crippen LogP contribution in [0.2, 0.25) is 5.02 Å². The highest BCUT2D eigenvalue weighted by atomic mass is 35.5. The van der Waals surface area contributed by atoms with E-state index in [1.165, 1.54) is 11.1 Å². The number of ether oxygens (including phenoxy) is 1. The van der Waals surface area contributed by atoms with Gasteiger partial charge < -0.3 is 10.1 Å². The summed E-state index contributed by atoms with van der Waals surface area (Å²) >= 11 is 6.10. The Hall–Kier alpha value is -3.87. The Balaban J connectivity index is 0.00000175. The number of allylic oxidation sites excluding steroid dienone is 1. The lowest BCUT2D eigenvalue weighted by atomic mass is 9.33. The number of rotatable bonds is 10. The summed E-state index contributed by atoms with van der Waals surface area (Å²) in [6.07, 6.45) is 10.3. The van der Waals surface area contributed by atoms with E-state index in [4.69, 9.17) is 25.9 Å². The van der Waals surface area contributed by atoms with Crippen molar-refractivity contribution in [3.8, 4) is 0 Å². The molecule has 0 unspecified atom stereocenters. The van der Waals surface area contributed by atoms with E-state index in [0.717, 1.165) is 69.8 Å². The molecule has 5 fully saturated rings. The monoisotopic (exact) mass is 924 g/mol. The SMILES string of the molecule is C.CC(C)C1=C2[C@H]3CC[C@@H]4[C@@]5(C)CC[C@H](OC(=O)[C@H]6C[C@@H](Cc7ccccc7)C6(C)C)C(C)(C)[C@@H]5CC[C@@]4(C)[C@]3(C)CC[C@@]2(NC(=O)C(C)(C)CC(=O)c2ccc(Cl)cc2)CC1=O.O=C=O. The first kappa shape index (κ1) is 51.5. The number of amides is 1. The van der Waals surface area contributed by atoms with Crippen LogP contribution in [-0.2, 0) is 35.1 Å². The van der Waals surface area contributed by atoms with Crippen LogP contribution in [0.5, 0.6) is 0 Å². The van der Waals surface area contributed by atoms with Gasteiger partial charge in [-0.05, 0) is 156 Å². The van der Waals surface area contributed by atoms with E-state index >= 15 is 0 Å². The van der Waals surface area contributed by atoms with Crippen LogP contribution in [0.4, 0.5) is 0 Å². The number of fused-ring (bicyclic) bond motifs is 7. The minimum Gasteiger partial charge on any atom is -0.462 e. The molecule has 1 amide bonds. The quantitative estimate of drug-likeness (QED) is 0.186. The number of esters is 1. The van der Waals surface area contributed by atoms with Gasteiger partial charge in [0.25, 0.3) is 0 Å². The van der Waals surface area contributed by atoms with E-state index in [2.05, 4.69) is 98.0 Å². The van der Waals surface area contributed by atoms with E-state index in [1.807, 2.05) is 13.8 Å². The average molecular weight is 925 g/mol. The van der Waals surface area contributed by atoms with Gasteiger partial charge in [-0.3, -0.25) is 19.2 Å². The number of hydrogen-bond acceptors (Lipinski definition) is 7. The molecule has 6 aliphatic carbocycles. The Bertz CT molecular complexity index is 2250. The highest BCUT2D eigenvalue weighted by Crippen LogP contribution is 2.76. The summed E-state index contributed by atoms with van der Waals surface area (Å²) in [6.45, 7) is 25.0. The summed E-state index contributed by atoms with van der Waals surface area (Å²) < 4.78 is 6.68. The lowest BCUT2D eigenvalue weighted by molar-refractivity contribution is -0.235. The Morgan fingerprint density at radius 3 is 2.06 bits per heavy atom. The fraction of sp³-hybridized carbons (Fsp3) is 0.667. The van der Waals surface area contributed by atoms with Crippen LogP contribution in [0.1, 0.15) is 170 Å². The van der Waals surface area contributed by atoms with Crippen LogP contribution >= 0.6 is 11.6 Å². The lowest BCUT2D eigenvalue weighted by Gasteiger charge is -2.72. The zero-order chi connectivity index (χ0) is 47.7. The summed E-state index contributed by atoms with van der Waals surface area (Å²) in [4.78, 5) is 72.5. The van der Waals surface area contributed by atoms with Crippen molar-refractivity contribution in [2.24, 2.45) is 68.0 Å². The van der Waals surface area contributed by atoms with Gasteiger partial charge in [-0.15, -0.1) is 0 Å². The molecule has 0 heterocycles. The number of carbonyl (C=O) groups is 4. The molecule has 0 aliphatic heterocycles. The Labute approximate surface area is 400 Å². The molecule has 8 nitrogen and oxygen atoms in total. The molecule has 9 heteroatoms. The molecule has 8 rings (SSSR count). The number of hydrogen-bond donors (Lipinski definition) is 1. The van der Waals surface area contributed by atoms with Gasteiger partial charge in [0.15, 0.2) is 11.6 Å². The molecule has 5 saturated carbocycles. The van der Waals surface area contributed by atoms with Crippen LogP contribution in [0.15, 0.2) is 65.7 Å². The molecule has 0 saturated heterocycles. The fourth-order valence-electron chi connectivity index (χ4n) is 15.4. The summed E-state index contributed by atoms with van der Waals surface area (Å²) in [5.74, 6) is 1.47. The van der Waals surface area contributed by atoms with Crippen LogP contribution in [0.25, 0.3) is 0 Å². The summed E-state index contributed by atoms with van der Waals surface area (Å²) in [6, 6.07) is 17.5. The zero-order valence-electron chi connectivity index (χ0n) is 41.0. The van der Waals surface area contributed by atoms with Crippen molar-refractivity contribution in [1.82, 2.24) is 5.32 Å². The van der Waals surface area contributed by atoms with Crippen LogP contribution in [0, 0.1) is 68.0 Å². The first-order valence-electron chi connectivity index (χ1n) is 24.5. The number of carbonyl (C=O) groups excluding carboxylic acids is 6. The van der Waals surface area contributed by atoms with Gasteiger partial charge in [-0.1, -0.05) is 126 Å². The van der Waals surface area contributed by atoms with Crippen molar-refractivity contribution in [2.45, 2.75) is 172 Å². The van der Waals surface area contributed by atoms with Crippen molar-refractivity contribution in [2.75, 3.05) is 0 Å². The van der Waals surface area contributed by atoms with E-state index in [9.17, 15) is 19.2 Å². The smallest absolute Gasteiger partial charge is 0.373 e. The summed E-state index contributed by atoms with van der Waals surface area (Å²) in [7, 11) is 0. The largest absolute Gasteiger partial charge is 0.462 e. The second-order valence-electron chi connectivity index (χ2n) is 24.1. The highest BCUT2D eigenvalue weighted by Gasteiger charge is 2.70. The zero-order valence-corrected chi connectivity index (χ0v) is 41.7. The topological polar surface area (TPSA) is 124 Å². The second-order valence-corrected chi connectivity index (χ2v) is 24.5. The third kappa shape index (κ3) is 8.41. The van der Waals surface area contributed by atoms with Crippen LogP contribution in [0.3, 0.4) is 0 Å². The summed E-state index contributed by atoms with van der Waals surface area (Å²) in [5.41, 5.74) is 2.12. The van der Waals surface area contributed by atoms with Crippen molar-refractivity contribution in [3.63, 3.8) is 0 Å². The van der Waals surface area contributed by atoms with Gasteiger partial charge in [0.05, 0.1) is 16.9 Å². The number of ketones is 2. The van der Waals surface area contributed by atoms with Crippen molar-refractivity contribution >= 4 is 41.2 Å². The first-order chi connectivity index (χ1) is 30.3. The molecule has 360 valence electrons. The molecule has 0 bridgehead atoms. The van der Waals surface area contributed by atoms with E-state index in [-0.39, 0.29) is 94.4 Å². The molecule has 66 heavy (non-hydrogen) atoms. The standard InChI is InChI=1S/C55H74ClNO5.CO2.CH4/c1-33(2)45-41(59)32-55(57-48(61)49(3,4)31-40(58)35-17-19-37(56)20-18-35)28-27-53(10)38(46(45)55)21-22-43-52(9)25-24-44(51(7,8)42(52)23-26-54(43,53)11)62-47(60)39-30-36(50(39,5)6)29-34-15-13-12-14-16-34;2-1-3;/h12-20,33,36,38-39,42-44H,21-32H2,1-11H3,(H,57,61);;1H4/t36-,38-,39-,42+,43-,44+,52+,53-,54-,55-;;/m1../s1. The Morgan fingerprint density at radius 2 is 1.45 bits per heavy atom. The first-order valence-corrected chi connectivity index (χ1v) is 24.8. The molecule has 2 aromatic carbocycles. The summed E-state index contributed by atoms with van der Waals surface area (Å²) in [5, 5.41) is 4.10. The lowest BCUT2D eigenvalue weighted by Crippen LogP contribution is -2.67. The van der Waals surface area contributed by atoms with E-state index < -0.39 is 11.0 Å². The number of benzene rings is 2. The van der Waals surface area contributed by atoms with Gasteiger partial charge >= 0.3 is 12.1 Å². The maximum absolute atomic E-state index is 14.5. The molecule has 0 radical (unpaired) electrons. The van der Waals surface area contributed by atoms with Crippen molar-refractivity contribution < 1.29 is 33.5 Å². The maximum Gasteiger partial charge on any atom is 0.373 e. The second kappa shape index (κ2) is 18.2. The normalized spacial score (nSPS) is 34.9. The molecular weight excluding hydrogens is 846 g/mol. The van der Waals surface area contributed by atoms with Crippen LogP contribution in [-0.4, -0.2) is 41.2 Å². The van der Waals surface area contributed by atoms with Gasteiger partial charge in [0.1, 0.15) is 6.10 Å². The van der Waals surface area contributed by atoms with Gasteiger partial charge in [0, 0.05) is 28.8 Å². The molecule has 0 spiro atoms. The van der Waals surface area contributed by atoms with Crippen molar-refractivity contribution in [1.29, 1.82) is 0 Å². The van der Waals surface area contributed by atoms with Crippen LogP contribution < -0.4 is 5.32 Å². The Kier molecular flexibility index (Phi) is 14.2. The predicted octanol–water partition coefficient (Wildman–Crippen LogP) is 12.7. The third-order valence-corrected chi connectivity index (χ3v) is 19.7. The molecule has 10 atom stereocenters. The number of nitrogens with one attached hydrogen (secondary N) is 1. The molecule has 2 aromatic rings.